The molecule has 1 saturated heterocycles. The molecule has 1 aromatic carbocycles. The van der Waals surface area contributed by atoms with Crippen LogP contribution in [-0.2, 0) is 15.9 Å². The molecular weight excluding hydrogens is 635 g/mol. The molecule has 0 N–H and O–H groups in total. The molecule has 1 fully saturated rings. The Morgan fingerprint density at radius 2 is 1.69 bits per heavy atom. The maximum atomic E-state index is 13.8. The van der Waals surface area contributed by atoms with Crippen LogP contribution >= 0.6 is 0 Å². The standard InChI is InChI=1S/C36H55N7O3Si2/c1-27(2)31-25-40(18-11-21-46-48(9,10)36(3,4)5)35(44)43(31)32-16-19-42-34(39-32)30(24-38-42)28-12-14-29(15-13-28)33-37-17-20-41(33)26-45-22-23-47(6,7)8/h12-17,19-20,24,27,31H,11,18,21-23,25-26H2,1-10H3. The van der Waals surface area contributed by atoms with Crippen molar-refractivity contribution in [2.45, 2.75) is 97.6 Å². The number of amides is 2. The number of carbonyl (C=O) groups excluding carboxylic acids is 1. The van der Waals surface area contributed by atoms with Crippen molar-refractivity contribution in [2.24, 2.45) is 5.92 Å². The van der Waals surface area contributed by atoms with E-state index < -0.39 is 16.4 Å². The minimum absolute atomic E-state index is 0.00302. The Bertz CT molecular complexity index is 1690. The number of carbonyl (C=O) groups is 1. The van der Waals surface area contributed by atoms with Crippen LogP contribution in [0.2, 0.25) is 43.8 Å². The van der Waals surface area contributed by atoms with E-state index in [4.69, 9.17) is 14.1 Å². The number of ether oxygens (including phenoxy) is 1. The van der Waals surface area contributed by atoms with Crippen molar-refractivity contribution in [1.29, 1.82) is 0 Å². The van der Waals surface area contributed by atoms with Crippen molar-refractivity contribution in [3.05, 3.63) is 55.1 Å². The number of hydrogen-bond donors (Lipinski definition) is 0. The minimum Gasteiger partial charge on any atom is -0.417 e. The third kappa shape index (κ3) is 8.10. The fraction of sp³-hybridized carbons (Fsp3) is 0.556. The summed E-state index contributed by atoms with van der Waals surface area (Å²) in [6, 6.07) is 11.4. The fourth-order valence-corrected chi connectivity index (χ4v) is 7.50. The summed E-state index contributed by atoms with van der Waals surface area (Å²) >= 11 is 0. The molecule has 4 aromatic rings. The van der Waals surface area contributed by atoms with Gasteiger partial charge in [0.2, 0.25) is 0 Å². The molecular formula is C36H55N7O3Si2. The molecule has 12 heteroatoms. The van der Waals surface area contributed by atoms with Gasteiger partial charge in [0.25, 0.3) is 0 Å². The van der Waals surface area contributed by atoms with Gasteiger partial charge >= 0.3 is 6.03 Å². The number of anilines is 1. The number of nitrogens with zero attached hydrogens (tertiary/aromatic N) is 7. The first-order valence-electron chi connectivity index (χ1n) is 17.3. The Morgan fingerprint density at radius 3 is 2.35 bits per heavy atom. The lowest BCUT2D eigenvalue weighted by molar-refractivity contribution is 0.0883. The van der Waals surface area contributed by atoms with E-state index >= 15 is 0 Å². The van der Waals surface area contributed by atoms with Crippen LogP contribution in [0.3, 0.4) is 0 Å². The number of urea groups is 1. The Kier molecular flexibility index (Phi) is 10.7. The minimum atomic E-state index is -1.82. The van der Waals surface area contributed by atoms with Gasteiger partial charge in [-0.25, -0.2) is 19.3 Å². The average molecular weight is 690 g/mol. The zero-order valence-corrected chi connectivity index (χ0v) is 32.7. The molecule has 5 rings (SSSR count). The van der Waals surface area contributed by atoms with Gasteiger partial charge in [-0.1, -0.05) is 78.5 Å². The number of benzene rings is 1. The summed E-state index contributed by atoms with van der Waals surface area (Å²) < 4.78 is 16.2. The van der Waals surface area contributed by atoms with Crippen LogP contribution in [0.1, 0.15) is 41.0 Å². The van der Waals surface area contributed by atoms with Gasteiger partial charge in [0.05, 0.1) is 12.2 Å². The first kappa shape index (κ1) is 36.0. The van der Waals surface area contributed by atoms with E-state index in [0.29, 0.717) is 37.9 Å². The van der Waals surface area contributed by atoms with Gasteiger partial charge in [-0.05, 0) is 48.1 Å². The normalized spacial score (nSPS) is 16.2. The molecule has 260 valence electrons. The molecule has 4 heterocycles. The van der Waals surface area contributed by atoms with E-state index in [1.54, 1.807) is 4.52 Å². The zero-order chi connectivity index (χ0) is 34.9. The van der Waals surface area contributed by atoms with Crippen molar-refractivity contribution in [3.8, 4) is 22.5 Å². The molecule has 48 heavy (non-hydrogen) atoms. The molecule has 1 aliphatic heterocycles. The molecule has 10 nitrogen and oxygen atoms in total. The highest BCUT2D eigenvalue weighted by Gasteiger charge is 2.41. The Morgan fingerprint density at radius 1 is 0.979 bits per heavy atom. The Labute approximate surface area is 288 Å². The SMILES string of the molecule is CC(C)C1CN(CCCO[Si](C)(C)C(C)(C)C)C(=O)N1c1ccn2ncc(-c3ccc(-c4nccn4COCC[Si](C)(C)C)cc3)c2n1. The summed E-state index contributed by atoms with van der Waals surface area (Å²) in [7, 11) is -2.96. The van der Waals surface area contributed by atoms with Crippen LogP contribution in [-0.4, -0.2) is 83.8 Å². The Hall–Kier alpha value is -3.33. The molecule has 1 unspecified atom stereocenters. The number of aromatic nitrogens is 5. The summed E-state index contributed by atoms with van der Waals surface area (Å²) in [5, 5.41) is 4.75. The molecule has 1 aliphatic rings. The number of rotatable bonds is 14. The number of fused-ring (bicyclic) bond motifs is 1. The largest absolute Gasteiger partial charge is 0.417 e. The van der Waals surface area contributed by atoms with Gasteiger partial charge in [0, 0.05) is 64.1 Å². The monoisotopic (exact) mass is 689 g/mol. The van der Waals surface area contributed by atoms with E-state index in [2.05, 4.69) is 102 Å². The highest BCUT2D eigenvalue weighted by molar-refractivity contribution is 6.76. The quantitative estimate of drug-likeness (QED) is 0.0979. The van der Waals surface area contributed by atoms with Crippen molar-refractivity contribution in [1.82, 2.24) is 29.0 Å². The Balaban J connectivity index is 1.30. The highest BCUT2D eigenvalue weighted by atomic mass is 28.4. The predicted molar refractivity (Wildman–Crippen MR) is 200 cm³/mol. The van der Waals surface area contributed by atoms with Crippen LogP contribution in [0.25, 0.3) is 28.2 Å². The summed E-state index contributed by atoms with van der Waals surface area (Å²) in [6.07, 6.45) is 8.33. The van der Waals surface area contributed by atoms with E-state index in [0.717, 1.165) is 41.6 Å². The summed E-state index contributed by atoms with van der Waals surface area (Å²) in [4.78, 5) is 27.3. The molecule has 1 atom stereocenters. The average Bonchev–Trinajstić information content (AvgIpc) is 3.73. The van der Waals surface area contributed by atoms with E-state index in [1.165, 1.54) is 0 Å². The maximum Gasteiger partial charge on any atom is 0.326 e. The van der Waals surface area contributed by atoms with Crippen molar-refractivity contribution in [2.75, 3.05) is 31.2 Å². The third-order valence-corrected chi connectivity index (χ3v) is 16.1. The fourth-order valence-electron chi connectivity index (χ4n) is 5.65. The zero-order valence-electron chi connectivity index (χ0n) is 30.7. The van der Waals surface area contributed by atoms with Gasteiger partial charge in [-0.15, -0.1) is 0 Å². The van der Waals surface area contributed by atoms with Gasteiger partial charge in [0.1, 0.15) is 18.4 Å². The summed E-state index contributed by atoms with van der Waals surface area (Å²) in [6.45, 7) is 26.0. The van der Waals surface area contributed by atoms with Crippen molar-refractivity contribution in [3.63, 3.8) is 0 Å². The van der Waals surface area contributed by atoms with Crippen LogP contribution in [0.5, 0.6) is 0 Å². The van der Waals surface area contributed by atoms with E-state index in [9.17, 15) is 4.79 Å². The molecule has 0 spiro atoms. The van der Waals surface area contributed by atoms with Gasteiger partial charge < -0.3 is 18.6 Å². The lowest BCUT2D eigenvalue weighted by Crippen LogP contribution is -2.41. The molecule has 3 aromatic heterocycles. The van der Waals surface area contributed by atoms with Gasteiger partial charge in [-0.2, -0.15) is 5.10 Å². The van der Waals surface area contributed by atoms with Crippen molar-refractivity contribution < 1.29 is 14.0 Å². The second-order valence-electron chi connectivity index (χ2n) is 16.1. The summed E-state index contributed by atoms with van der Waals surface area (Å²) in [5.74, 6) is 1.80. The van der Waals surface area contributed by atoms with Gasteiger partial charge in [0.15, 0.2) is 14.0 Å². The number of hydrogen-bond acceptors (Lipinski definition) is 6. The maximum absolute atomic E-state index is 13.8. The molecule has 0 radical (unpaired) electrons. The highest BCUT2D eigenvalue weighted by Crippen LogP contribution is 2.37. The van der Waals surface area contributed by atoms with Crippen molar-refractivity contribution >= 4 is 33.9 Å². The predicted octanol–water partition coefficient (Wildman–Crippen LogP) is 8.25. The van der Waals surface area contributed by atoms with Gasteiger partial charge in [-0.3, -0.25) is 4.90 Å². The molecule has 0 bridgehead atoms. The van der Waals surface area contributed by atoms with Crippen LogP contribution < -0.4 is 4.90 Å². The molecule has 2 amide bonds. The van der Waals surface area contributed by atoms with E-state index in [-0.39, 0.29) is 23.0 Å². The first-order valence-corrected chi connectivity index (χ1v) is 23.9. The lowest BCUT2D eigenvalue weighted by Gasteiger charge is -2.36. The molecule has 0 aliphatic carbocycles. The smallest absolute Gasteiger partial charge is 0.326 e. The van der Waals surface area contributed by atoms with Crippen LogP contribution in [0.15, 0.2) is 55.1 Å². The summed E-state index contributed by atoms with van der Waals surface area (Å²) in [5.41, 5.74) is 3.64. The lowest BCUT2D eigenvalue weighted by atomic mass is 10.0. The van der Waals surface area contributed by atoms with Crippen LogP contribution in [0.4, 0.5) is 10.6 Å². The van der Waals surface area contributed by atoms with Crippen LogP contribution in [0, 0.1) is 5.92 Å². The first-order chi connectivity index (χ1) is 22.6. The second kappa shape index (κ2) is 14.3. The third-order valence-electron chi connectivity index (χ3n) is 9.82. The number of imidazole rings is 1. The topological polar surface area (TPSA) is 90.0 Å². The molecule has 0 saturated carbocycles. The second-order valence-corrected chi connectivity index (χ2v) is 26.6. The van der Waals surface area contributed by atoms with E-state index in [1.807, 2.05) is 45.2 Å².